The van der Waals surface area contributed by atoms with E-state index < -0.39 is 6.04 Å². The number of fused-ring (bicyclic) bond motifs is 1. The predicted octanol–water partition coefficient (Wildman–Crippen LogP) is 0.849. The molecule has 0 spiro atoms. The molecule has 2 rings (SSSR count). The van der Waals surface area contributed by atoms with Gasteiger partial charge in [0.2, 0.25) is 17.7 Å². The molecule has 0 unspecified atom stereocenters. The van der Waals surface area contributed by atoms with Crippen LogP contribution in [0.1, 0.15) is 38.7 Å². The largest absolute Gasteiger partial charge is 0.492 e. The lowest BCUT2D eigenvalue weighted by molar-refractivity contribution is -0.137. The smallest absolute Gasteiger partial charge is 0.242 e. The van der Waals surface area contributed by atoms with Gasteiger partial charge in [-0.05, 0) is 37.8 Å². The maximum atomic E-state index is 12.8. The summed E-state index contributed by atoms with van der Waals surface area (Å²) in [5.74, 6) is 0.0733. The van der Waals surface area contributed by atoms with Crippen molar-refractivity contribution in [1.29, 1.82) is 0 Å². The summed E-state index contributed by atoms with van der Waals surface area (Å²) < 4.78 is 5.94. The molecule has 1 heterocycles. The third kappa shape index (κ3) is 7.33. The van der Waals surface area contributed by atoms with Gasteiger partial charge >= 0.3 is 0 Å². The molecule has 8 heteroatoms. The number of aryl methyl sites for hydroxylation is 1. The fourth-order valence-electron chi connectivity index (χ4n) is 3.40. The second-order valence-electron chi connectivity index (χ2n) is 7.63. The van der Waals surface area contributed by atoms with Gasteiger partial charge in [-0.25, -0.2) is 0 Å². The van der Waals surface area contributed by atoms with Crippen molar-refractivity contribution in [3.63, 3.8) is 0 Å². The number of hydrogen-bond acceptors (Lipinski definition) is 5. The Morgan fingerprint density at radius 3 is 2.70 bits per heavy atom. The van der Waals surface area contributed by atoms with E-state index in [4.69, 9.17) is 4.74 Å². The molecule has 1 aliphatic rings. The number of nitrogens with one attached hydrogen (secondary N) is 3. The monoisotopic (exact) mass is 418 g/mol. The summed E-state index contributed by atoms with van der Waals surface area (Å²) in [7, 11) is 1.60. The highest BCUT2D eigenvalue weighted by molar-refractivity contribution is 5.90. The molecule has 8 nitrogen and oxygen atoms in total. The second kappa shape index (κ2) is 12.2. The van der Waals surface area contributed by atoms with Gasteiger partial charge in [0.25, 0.3) is 0 Å². The Labute approximate surface area is 178 Å². The number of nitrogens with zero attached hydrogens (tertiary/aromatic N) is 1. The van der Waals surface area contributed by atoms with E-state index in [2.05, 4.69) is 16.0 Å². The number of likely N-dealkylation sites (N-methyl/N-ethyl adjacent to an activating group) is 1. The summed E-state index contributed by atoms with van der Waals surface area (Å²) in [4.78, 5) is 38.7. The first-order valence-corrected chi connectivity index (χ1v) is 10.7. The first-order chi connectivity index (χ1) is 14.4. The summed E-state index contributed by atoms with van der Waals surface area (Å²) in [5.41, 5.74) is 1.08. The zero-order chi connectivity index (χ0) is 21.9. The van der Waals surface area contributed by atoms with Gasteiger partial charge in [-0.15, -0.1) is 0 Å². The predicted molar refractivity (Wildman–Crippen MR) is 115 cm³/mol. The van der Waals surface area contributed by atoms with Gasteiger partial charge < -0.3 is 25.6 Å². The molecule has 0 aliphatic carbocycles. The highest BCUT2D eigenvalue weighted by Gasteiger charge is 2.24. The molecular formula is C22H34N4O4. The van der Waals surface area contributed by atoms with Crippen LogP contribution in [0.25, 0.3) is 0 Å². The van der Waals surface area contributed by atoms with Crippen LogP contribution in [0.4, 0.5) is 0 Å². The average molecular weight is 419 g/mol. The lowest BCUT2D eigenvalue weighted by Crippen LogP contribution is -2.51. The first kappa shape index (κ1) is 23.7. The Kier molecular flexibility index (Phi) is 9.60. The molecule has 166 valence electrons. The van der Waals surface area contributed by atoms with Gasteiger partial charge in [0.1, 0.15) is 18.4 Å². The molecular weight excluding hydrogens is 384 g/mol. The van der Waals surface area contributed by atoms with E-state index in [-0.39, 0.29) is 30.3 Å². The quantitative estimate of drug-likeness (QED) is 0.661. The molecule has 3 amide bonds. The molecule has 1 aromatic carbocycles. The van der Waals surface area contributed by atoms with E-state index in [1.807, 2.05) is 31.2 Å². The van der Waals surface area contributed by atoms with E-state index in [1.54, 1.807) is 14.0 Å². The van der Waals surface area contributed by atoms with E-state index in [9.17, 15) is 14.4 Å². The average Bonchev–Trinajstić information content (AvgIpc) is 2.72. The van der Waals surface area contributed by atoms with Crippen LogP contribution in [0, 0.1) is 0 Å². The van der Waals surface area contributed by atoms with Crippen molar-refractivity contribution < 1.29 is 19.1 Å². The fourth-order valence-corrected chi connectivity index (χ4v) is 3.40. The minimum absolute atomic E-state index is 0.0950. The van der Waals surface area contributed by atoms with E-state index >= 15 is 0 Å². The molecule has 2 atom stereocenters. The highest BCUT2D eigenvalue weighted by Crippen LogP contribution is 2.19. The van der Waals surface area contributed by atoms with Crippen LogP contribution in [0.15, 0.2) is 24.3 Å². The van der Waals surface area contributed by atoms with E-state index in [0.29, 0.717) is 26.1 Å². The van der Waals surface area contributed by atoms with Crippen molar-refractivity contribution >= 4 is 17.7 Å². The molecule has 0 fully saturated rings. The van der Waals surface area contributed by atoms with Crippen molar-refractivity contribution in [3.8, 4) is 5.75 Å². The number of rotatable bonds is 2. The molecule has 1 aliphatic heterocycles. The zero-order valence-electron chi connectivity index (χ0n) is 18.2. The van der Waals surface area contributed by atoms with Gasteiger partial charge in [-0.1, -0.05) is 31.5 Å². The van der Waals surface area contributed by atoms with Crippen LogP contribution in [0.5, 0.6) is 5.75 Å². The number of hydrogen-bond donors (Lipinski definition) is 3. The van der Waals surface area contributed by atoms with Gasteiger partial charge in [0.05, 0.1) is 12.6 Å². The molecule has 0 radical (unpaired) electrons. The standard InChI is InChI=1S/C22H34N4O4/c1-4-8-18-22(29)26(3)15-20(27)25-16(2)21(28)24-12-7-10-17-9-5-6-11-19(17)30-14-13-23-18/h5-6,9,11,16,18,23H,4,7-8,10,12-15H2,1-3H3,(H,24,28)(H,25,27)/t16-,18+/m1/s1. The maximum absolute atomic E-state index is 12.8. The summed E-state index contributed by atoms with van der Waals surface area (Å²) in [6.07, 6.45) is 3.04. The van der Waals surface area contributed by atoms with Crippen LogP contribution in [-0.4, -0.2) is 68.0 Å². The number of carbonyl (C=O) groups is 3. The third-order valence-electron chi connectivity index (χ3n) is 5.05. The second-order valence-corrected chi connectivity index (χ2v) is 7.63. The lowest BCUT2D eigenvalue weighted by Gasteiger charge is -2.25. The Hall–Kier alpha value is -2.61. The first-order valence-electron chi connectivity index (χ1n) is 10.7. The Morgan fingerprint density at radius 1 is 1.17 bits per heavy atom. The van der Waals surface area contributed by atoms with Crippen molar-refractivity contribution in [2.45, 2.75) is 51.6 Å². The summed E-state index contributed by atoms with van der Waals surface area (Å²) in [6.45, 7) is 5.02. The van der Waals surface area contributed by atoms with Gasteiger partial charge in [-0.3, -0.25) is 14.4 Å². The number of para-hydroxylation sites is 1. The summed E-state index contributed by atoms with van der Waals surface area (Å²) >= 11 is 0. The molecule has 30 heavy (non-hydrogen) atoms. The normalized spacial score (nSPS) is 22.8. The fraction of sp³-hybridized carbons (Fsp3) is 0.591. The van der Waals surface area contributed by atoms with Gasteiger partial charge in [0.15, 0.2) is 0 Å². The lowest BCUT2D eigenvalue weighted by atomic mass is 10.1. The minimum atomic E-state index is -0.667. The zero-order valence-corrected chi connectivity index (χ0v) is 18.2. The maximum Gasteiger partial charge on any atom is 0.242 e. The van der Waals surface area contributed by atoms with Crippen LogP contribution < -0.4 is 20.7 Å². The number of ether oxygens (including phenoxy) is 1. The van der Waals surface area contributed by atoms with Crippen molar-refractivity contribution in [2.24, 2.45) is 0 Å². The molecule has 3 N–H and O–H groups in total. The molecule has 1 aromatic rings. The van der Waals surface area contributed by atoms with Crippen LogP contribution in [0.2, 0.25) is 0 Å². The van der Waals surface area contributed by atoms with Crippen LogP contribution in [-0.2, 0) is 20.8 Å². The summed E-state index contributed by atoms with van der Waals surface area (Å²) in [5, 5.41) is 8.76. The van der Waals surface area contributed by atoms with Crippen molar-refractivity contribution in [1.82, 2.24) is 20.9 Å². The van der Waals surface area contributed by atoms with Gasteiger partial charge in [0, 0.05) is 20.1 Å². The third-order valence-corrected chi connectivity index (χ3v) is 5.05. The highest BCUT2D eigenvalue weighted by atomic mass is 16.5. The number of carbonyl (C=O) groups excluding carboxylic acids is 3. The van der Waals surface area contributed by atoms with Gasteiger partial charge in [-0.2, -0.15) is 0 Å². The Bertz CT molecular complexity index is 725. The molecule has 0 aromatic heterocycles. The summed E-state index contributed by atoms with van der Waals surface area (Å²) in [6, 6.07) is 6.81. The van der Waals surface area contributed by atoms with Crippen LogP contribution in [0.3, 0.4) is 0 Å². The Balaban J connectivity index is 2.12. The van der Waals surface area contributed by atoms with E-state index in [1.165, 1.54) is 4.90 Å². The Morgan fingerprint density at radius 2 is 1.93 bits per heavy atom. The van der Waals surface area contributed by atoms with E-state index in [0.717, 1.165) is 30.6 Å². The minimum Gasteiger partial charge on any atom is -0.492 e. The number of benzene rings is 1. The number of amides is 3. The molecule has 0 bridgehead atoms. The van der Waals surface area contributed by atoms with Crippen molar-refractivity contribution in [3.05, 3.63) is 29.8 Å². The molecule has 0 saturated heterocycles. The molecule has 0 saturated carbocycles. The van der Waals surface area contributed by atoms with Crippen molar-refractivity contribution in [2.75, 3.05) is 33.3 Å². The topological polar surface area (TPSA) is 99.8 Å². The SMILES string of the molecule is CCC[C@@H]1NCCOc2ccccc2CCCNC(=O)[C@@H](C)NC(=O)CN(C)C1=O. The van der Waals surface area contributed by atoms with Crippen LogP contribution >= 0.6 is 0 Å².